The van der Waals surface area contributed by atoms with Crippen molar-refractivity contribution in [1.82, 2.24) is 19.9 Å². The van der Waals surface area contributed by atoms with Gasteiger partial charge in [0.2, 0.25) is 11.6 Å². The second-order valence-electron chi connectivity index (χ2n) is 3.95. The molecule has 0 aliphatic carbocycles. The quantitative estimate of drug-likeness (QED) is 0.758. The Morgan fingerprint density at radius 3 is 2.40 bits per heavy atom. The number of aromatic nitrogens is 3. The second-order valence-corrected chi connectivity index (χ2v) is 3.95. The number of ether oxygens (including phenoxy) is 1. The van der Waals surface area contributed by atoms with Crippen LogP contribution in [0.3, 0.4) is 0 Å². The molecule has 0 saturated heterocycles. The molecule has 0 unspecified atom stereocenters. The Morgan fingerprint density at radius 2 is 1.95 bits per heavy atom. The van der Waals surface area contributed by atoms with Gasteiger partial charge in [0.05, 0.1) is 6.61 Å². The number of amides is 1. The van der Waals surface area contributed by atoms with E-state index >= 15 is 0 Å². The van der Waals surface area contributed by atoms with Crippen LogP contribution in [0.4, 0.5) is 13.2 Å². The van der Waals surface area contributed by atoms with Gasteiger partial charge in [0, 0.05) is 14.1 Å². The van der Waals surface area contributed by atoms with Crippen LogP contribution in [0.1, 0.15) is 23.1 Å². The summed E-state index contributed by atoms with van der Waals surface area (Å²) in [5.41, 5.74) is -2.35. The van der Waals surface area contributed by atoms with Gasteiger partial charge in [-0.1, -0.05) is 5.21 Å². The molecule has 1 aromatic heterocycles. The van der Waals surface area contributed by atoms with Gasteiger partial charge in [-0.3, -0.25) is 4.79 Å². The van der Waals surface area contributed by atoms with Gasteiger partial charge in [0.15, 0.2) is 5.69 Å². The molecule has 0 aromatic carbocycles. The highest BCUT2D eigenvalue weighted by molar-refractivity contribution is 5.88. The molecule has 0 N–H and O–H groups in total. The molecule has 0 atom stereocenters. The number of esters is 1. The molecule has 0 bridgehead atoms. The number of likely N-dealkylation sites (N-methyl/N-ethyl adjacent to an activating group) is 1. The number of alkyl halides is 3. The van der Waals surface area contributed by atoms with E-state index in [4.69, 9.17) is 0 Å². The lowest BCUT2D eigenvalue weighted by molar-refractivity contribution is -0.146. The van der Waals surface area contributed by atoms with Crippen molar-refractivity contribution in [1.29, 1.82) is 0 Å². The Morgan fingerprint density at radius 1 is 1.35 bits per heavy atom. The number of nitrogens with zero attached hydrogens (tertiary/aromatic N) is 4. The summed E-state index contributed by atoms with van der Waals surface area (Å²) in [5, 5.41) is 6.37. The van der Waals surface area contributed by atoms with E-state index in [2.05, 4.69) is 15.0 Å². The van der Waals surface area contributed by atoms with E-state index in [-0.39, 0.29) is 6.61 Å². The molecule has 0 saturated carbocycles. The molecule has 112 valence electrons. The Kier molecular flexibility index (Phi) is 4.69. The maximum atomic E-state index is 13.0. The minimum absolute atomic E-state index is 0.0976. The fourth-order valence-electron chi connectivity index (χ4n) is 1.31. The van der Waals surface area contributed by atoms with Gasteiger partial charge < -0.3 is 9.64 Å². The van der Waals surface area contributed by atoms with Crippen LogP contribution in [0.25, 0.3) is 0 Å². The molecule has 1 amide bonds. The number of rotatable bonds is 4. The fourth-order valence-corrected chi connectivity index (χ4v) is 1.31. The normalized spacial score (nSPS) is 11.3. The van der Waals surface area contributed by atoms with Crippen LogP contribution in [-0.4, -0.2) is 52.5 Å². The molecular weight excluding hydrogens is 281 g/mol. The molecule has 0 aliphatic rings. The van der Waals surface area contributed by atoms with Gasteiger partial charge in [0.25, 0.3) is 0 Å². The molecule has 10 heteroatoms. The lowest BCUT2D eigenvalue weighted by Crippen LogP contribution is -2.29. The van der Waals surface area contributed by atoms with Gasteiger partial charge in [-0.2, -0.15) is 13.2 Å². The highest BCUT2D eigenvalue weighted by Crippen LogP contribution is 2.31. The summed E-state index contributed by atoms with van der Waals surface area (Å²) in [7, 11) is 2.78. The third kappa shape index (κ3) is 3.45. The van der Waals surface area contributed by atoms with Gasteiger partial charge in [-0.25, -0.2) is 9.48 Å². The monoisotopic (exact) mass is 294 g/mol. The summed E-state index contributed by atoms with van der Waals surface area (Å²) in [5.74, 6) is -1.85. The molecule has 1 heterocycles. The molecule has 0 spiro atoms. The SMILES string of the molecule is CCOC(=O)c1nnn(CC(=O)N(C)C)c1C(F)(F)F. The first-order valence-electron chi connectivity index (χ1n) is 5.56. The minimum Gasteiger partial charge on any atom is -0.461 e. The van der Waals surface area contributed by atoms with Crippen molar-refractivity contribution in [2.24, 2.45) is 0 Å². The Balaban J connectivity index is 3.20. The lowest BCUT2D eigenvalue weighted by atomic mass is 10.3. The standard InChI is InChI=1S/C10H13F3N4O3/c1-4-20-9(19)7-8(10(11,12)13)17(15-14-7)5-6(18)16(2)3/h4-5H2,1-3H3. The summed E-state index contributed by atoms with van der Waals surface area (Å²) >= 11 is 0. The summed E-state index contributed by atoms with van der Waals surface area (Å²) < 4.78 is 43.7. The third-order valence-corrected chi connectivity index (χ3v) is 2.26. The van der Waals surface area contributed by atoms with Gasteiger partial charge in [-0.05, 0) is 6.92 Å². The molecule has 0 aliphatic heterocycles. The van der Waals surface area contributed by atoms with Crippen molar-refractivity contribution >= 4 is 11.9 Å². The highest BCUT2D eigenvalue weighted by atomic mass is 19.4. The van der Waals surface area contributed by atoms with Gasteiger partial charge in [-0.15, -0.1) is 5.10 Å². The zero-order valence-electron chi connectivity index (χ0n) is 11.1. The van der Waals surface area contributed by atoms with Crippen molar-refractivity contribution in [2.75, 3.05) is 20.7 Å². The summed E-state index contributed by atoms with van der Waals surface area (Å²) in [4.78, 5) is 24.0. The summed E-state index contributed by atoms with van der Waals surface area (Å²) in [6, 6.07) is 0. The van der Waals surface area contributed by atoms with E-state index in [1.807, 2.05) is 0 Å². The van der Waals surface area contributed by atoms with E-state index in [0.29, 0.717) is 4.68 Å². The average Bonchev–Trinajstić information content (AvgIpc) is 2.72. The molecule has 7 nitrogen and oxygen atoms in total. The first kappa shape index (κ1) is 15.9. The number of carbonyl (C=O) groups excluding carboxylic acids is 2. The fraction of sp³-hybridized carbons (Fsp3) is 0.600. The van der Waals surface area contributed by atoms with Crippen LogP contribution >= 0.6 is 0 Å². The molecule has 0 radical (unpaired) electrons. The Bertz CT molecular complexity index is 510. The Hall–Kier alpha value is -2.13. The van der Waals surface area contributed by atoms with E-state index in [1.54, 1.807) is 0 Å². The second kappa shape index (κ2) is 5.88. The number of hydrogen-bond acceptors (Lipinski definition) is 5. The first-order chi connectivity index (χ1) is 9.18. The van der Waals surface area contributed by atoms with Crippen molar-refractivity contribution in [3.8, 4) is 0 Å². The van der Waals surface area contributed by atoms with Crippen molar-refractivity contribution in [3.63, 3.8) is 0 Å². The zero-order chi connectivity index (χ0) is 15.5. The maximum absolute atomic E-state index is 13.0. The van der Waals surface area contributed by atoms with Crippen molar-refractivity contribution < 1.29 is 27.5 Å². The van der Waals surface area contributed by atoms with Crippen LogP contribution in [0.15, 0.2) is 0 Å². The van der Waals surface area contributed by atoms with Crippen molar-refractivity contribution in [2.45, 2.75) is 19.6 Å². The highest BCUT2D eigenvalue weighted by Gasteiger charge is 2.42. The number of carbonyl (C=O) groups is 2. The van der Waals surface area contributed by atoms with E-state index in [1.165, 1.54) is 21.0 Å². The first-order valence-corrected chi connectivity index (χ1v) is 5.56. The molecule has 20 heavy (non-hydrogen) atoms. The average molecular weight is 294 g/mol. The third-order valence-electron chi connectivity index (χ3n) is 2.26. The molecule has 1 rings (SSSR count). The molecule has 0 fully saturated rings. The predicted molar refractivity (Wildman–Crippen MR) is 59.7 cm³/mol. The maximum Gasteiger partial charge on any atom is 0.435 e. The van der Waals surface area contributed by atoms with Gasteiger partial charge >= 0.3 is 12.1 Å². The van der Waals surface area contributed by atoms with Crippen LogP contribution in [-0.2, 0) is 22.3 Å². The number of hydrogen-bond donors (Lipinski definition) is 0. The van der Waals surface area contributed by atoms with Crippen LogP contribution in [0.2, 0.25) is 0 Å². The molecule has 1 aromatic rings. The van der Waals surface area contributed by atoms with Crippen LogP contribution in [0, 0.1) is 0 Å². The van der Waals surface area contributed by atoms with E-state index in [9.17, 15) is 22.8 Å². The number of halogens is 3. The minimum atomic E-state index is -4.88. The summed E-state index contributed by atoms with van der Waals surface area (Å²) in [6.45, 7) is 0.680. The lowest BCUT2D eigenvalue weighted by Gasteiger charge is -2.13. The smallest absolute Gasteiger partial charge is 0.435 e. The van der Waals surface area contributed by atoms with Crippen LogP contribution in [0.5, 0.6) is 0 Å². The largest absolute Gasteiger partial charge is 0.461 e. The Labute approximate surface area is 112 Å². The van der Waals surface area contributed by atoms with E-state index in [0.717, 1.165) is 4.90 Å². The summed E-state index contributed by atoms with van der Waals surface area (Å²) in [6.07, 6.45) is -4.88. The van der Waals surface area contributed by atoms with Gasteiger partial charge in [0.1, 0.15) is 6.54 Å². The topological polar surface area (TPSA) is 77.3 Å². The van der Waals surface area contributed by atoms with Crippen molar-refractivity contribution in [3.05, 3.63) is 11.4 Å². The van der Waals surface area contributed by atoms with Crippen LogP contribution < -0.4 is 0 Å². The predicted octanol–water partition coefficient (Wildman–Crippen LogP) is 0.562. The van der Waals surface area contributed by atoms with E-state index < -0.39 is 36.0 Å². The molecular formula is C10H13F3N4O3. The zero-order valence-corrected chi connectivity index (χ0v) is 11.1.